The van der Waals surface area contributed by atoms with Gasteiger partial charge in [0.2, 0.25) is 5.91 Å². The van der Waals surface area contributed by atoms with Crippen LogP contribution < -0.4 is 16.4 Å². The van der Waals surface area contributed by atoms with E-state index in [1.807, 2.05) is 0 Å². The molecule has 15 heavy (non-hydrogen) atoms. The highest BCUT2D eigenvalue weighted by Gasteiger charge is 2.00. The number of nitrogens with two attached hydrogens (primary N) is 1. The Morgan fingerprint density at radius 2 is 2.00 bits per heavy atom. The van der Waals surface area contributed by atoms with Gasteiger partial charge in [0.25, 0.3) is 0 Å². The molecule has 0 aromatic heterocycles. The molecule has 1 amide bonds. The van der Waals surface area contributed by atoms with Crippen molar-refractivity contribution in [3.05, 3.63) is 29.3 Å². The van der Waals surface area contributed by atoms with Crippen molar-refractivity contribution >= 4 is 23.2 Å². The summed E-state index contributed by atoms with van der Waals surface area (Å²) in [5.74, 6) is -0.0919. The lowest BCUT2D eigenvalue weighted by Gasteiger charge is -2.05. The maximum atomic E-state index is 11.3. The number of nitrogens with one attached hydrogen (secondary N) is 2. The lowest BCUT2D eigenvalue weighted by molar-refractivity contribution is -0.115. The van der Waals surface area contributed by atoms with Crippen LogP contribution in [0, 0.1) is 0 Å². The minimum absolute atomic E-state index is 0.0919. The lowest BCUT2D eigenvalue weighted by atomic mass is 10.3. The zero-order chi connectivity index (χ0) is 11.1. The first-order valence-electron chi connectivity index (χ1n) is 4.68. The number of carbonyl (C=O) groups is 1. The van der Waals surface area contributed by atoms with Crippen molar-refractivity contribution < 1.29 is 4.79 Å². The van der Waals surface area contributed by atoms with Crippen LogP contribution in [0.4, 0.5) is 5.69 Å². The number of carbonyl (C=O) groups excluding carboxylic acids is 1. The van der Waals surface area contributed by atoms with Crippen molar-refractivity contribution in [2.24, 2.45) is 5.73 Å². The Morgan fingerprint density at radius 1 is 1.33 bits per heavy atom. The molecule has 0 aliphatic carbocycles. The molecule has 0 saturated heterocycles. The predicted molar refractivity (Wildman–Crippen MR) is 62.0 cm³/mol. The lowest BCUT2D eigenvalue weighted by Crippen LogP contribution is -2.31. The number of hydrogen-bond acceptors (Lipinski definition) is 3. The van der Waals surface area contributed by atoms with E-state index in [9.17, 15) is 4.79 Å². The highest BCUT2D eigenvalue weighted by atomic mass is 35.5. The van der Waals surface area contributed by atoms with Gasteiger partial charge in [0.1, 0.15) is 0 Å². The van der Waals surface area contributed by atoms with Crippen LogP contribution in [0.5, 0.6) is 0 Å². The first kappa shape index (κ1) is 12.0. The van der Waals surface area contributed by atoms with Crippen LogP contribution in [0.25, 0.3) is 0 Å². The van der Waals surface area contributed by atoms with Crippen molar-refractivity contribution in [3.63, 3.8) is 0 Å². The van der Waals surface area contributed by atoms with Crippen LogP contribution in [-0.2, 0) is 4.79 Å². The summed E-state index contributed by atoms with van der Waals surface area (Å²) < 4.78 is 0. The number of amides is 1. The molecule has 0 spiro atoms. The molecule has 0 aliphatic rings. The maximum Gasteiger partial charge on any atom is 0.238 e. The third kappa shape index (κ3) is 4.78. The van der Waals surface area contributed by atoms with Gasteiger partial charge in [-0.15, -0.1) is 0 Å². The molecule has 0 unspecified atom stereocenters. The van der Waals surface area contributed by atoms with E-state index >= 15 is 0 Å². The van der Waals surface area contributed by atoms with Gasteiger partial charge < -0.3 is 16.4 Å². The first-order valence-corrected chi connectivity index (χ1v) is 5.06. The van der Waals surface area contributed by atoms with E-state index in [1.165, 1.54) is 0 Å². The van der Waals surface area contributed by atoms with Gasteiger partial charge in [-0.25, -0.2) is 0 Å². The molecule has 1 aromatic rings. The summed E-state index contributed by atoms with van der Waals surface area (Å²) in [6.45, 7) is 1.42. The molecule has 1 aromatic carbocycles. The van der Waals surface area contributed by atoms with Crippen LogP contribution >= 0.6 is 11.6 Å². The van der Waals surface area contributed by atoms with Crippen LogP contribution in [0.3, 0.4) is 0 Å². The monoisotopic (exact) mass is 227 g/mol. The maximum absolute atomic E-state index is 11.3. The summed E-state index contributed by atoms with van der Waals surface area (Å²) in [5, 5.41) is 6.28. The molecule has 82 valence electrons. The molecule has 0 atom stereocenters. The van der Waals surface area contributed by atoms with Gasteiger partial charge in [0, 0.05) is 23.8 Å². The quantitative estimate of drug-likeness (QED) is 0.653. The van der Waals surface area contributed by atoms with E-state index < -0.39 is 0 Å². The second kappa shape index (κ2) is 6.40. The fourth-order valence-corrected chi connectivity index (χ4v) is 1.17. The summed E-state index contributed by atoms with van der Waals surface area (Å²) in [5.41, 5.74) is 6.01. The molecule has 5 heteroatoms. The van der Waals surface area contributed by atoms with Gasteiger partial charge in [-0.05, 0) is 24.3 Å². The molecule has 1 rings (SSSR count). The van der Waals surface area contributed by atoms with E-state index in [-0.39, 0.29) is 12.5 Å². The van der Waals surface area contributed by atoms with Gasteiger partial charge in [0.15, 0.2) is 0 Å². The number of halogens is 1. The minimum Gasteiger partial charge on any atom is -0.329 e. The average molecular weight is 228 g/mol. The Bertz CT molecular complexity index is 313. The minimum atomic E-state index is -0.0919. The Balaban J connectivity index is 2.34. The normalized spacial score (nSPS) is 10.0. The smallest absolute Gasteiger partial charge is 0.238 e. The molecule has 0 bridgehead atoms. The number of rotatable bonds is 5. The third-order valence-electron chi connectivity index (χ3n) is 1.73. The van der Waals surface area contributed by atoms with E-state index in [0.717, 1.165) is 5.69 Å². The van der Waals surface area contributed by atoms with Gasteiger partial charge >= 0.3 is 0 Å². The van der Waals surface area contributed by atoms with Crippen molar-refractivity contribution in [2.45, 2.75) is 0 Å². The predicted octanol–water partition coefficient (Wildman–Crippen LogP) is 0.827. The zero-order valence-corrected chi connectivity index (χ0v) is 9.05. The zero-order valence-electron chi connectivity index (χ0n) is 8.29. The van der Waals surface area contributed by atoms with Crippen LogP contribution in [0.2, 0.25) is 5.02 Å². The van der Waals surface area contributed by atoms with Gasteiger partial charge in [-0.2, -0.15) is 0 Å². The SMILES string of the molecule is NCCNCC(=O)Nc1ccc(Cl)cc1. The summed E-state index contributed by atoms with van der Waals surface area (Å²) in [6.07, 6.45) is 0. The second-order valence-corrected chi connectivity index (χ2v) is 3.46. The Kier molecular flexibility index (Phi) is 5.10. The van der Waals surface area contributed by atoms with Crippen LogP contribution in [-0.4, -0.2) is 25.5 Å². The fraction of sp³-hybridized carbons (Fsp3) is 0.300. The summed E-state index contributed by atoms with van der Waals surface area (Å²) in [6, 6.07) is 6.96. The Labute approximate surface area is 93.8 Å². The number of anilines is 1. The van der Waals surface area contributed by atoms with Crippen molar-refractivity contribution in [1.82, 2.24) is 5.32 Å². The van der Waals surface area contributed by atoms with Crippen molar-refractivity contribution in [3.8, 4) is 0 Å². The summed E-state index contributed by atoms with van der Waals surface area (Å²) in [4.78, 5) is 11.3. The van der Waals surface area contributed by atoms with Gasteiger partial charge in [0.05, 0.1) is 6.54 Å². The number of benzene rings is 1. The average Bonchev–Trinajstić information content (AvgIpc) is 2.22. The van der Waals surface area contributed by atoms with Crippen molar-refractivity contribution in [1.29, 1.82) is 0 Å². The Hall–Kier alpha value is -1.10. The van der Waals surface area contributed by atoms with Crippen molar-refractivity contribution in [2.75, 3.05) is 25.0 Å². The molecule has 4 nitrogen and oxygen atoms in total. The Morgan fingerprint density at radius 3 is 2.60 bits per heavy atom. The first-order chi connectivity index (χ1) is 7.22. The molecule has 0 fully saturated rings. The molecular formula is C10H14ClN3O. The summed E-state index contributed by atoms with van der Waals surface area (Å²) in [7, 11) is 0. The van der Waals surface area contributed by atoms with Crippen LogP contribution in [0.1, 0.15) is 0 Å². The van der Waals surface area contributed by atoms with Crippen LogP contribution in [0.15, 0.2) is 24.3 Å². The van der Waals surface area contributed by atoms with Gasteiger partial charge in [-0.1, -0.05) is 11.6 Å². The highest BCUT2D eigenvalue weighted by molar-refractivity contribution is 6.30. The summed E-state index contributed by atoms with van der Waals surface area (Å²) >= 11 is 5.71. The van der Waals surface area contributed by atoms with Gasteiger partial charge in [-0.3, -0.25) is 4.79 Å². The molecule has 0 saturated carbocycles. The highest BCUT2D eigenvalue weighted by Crippen LogP contribution is 2.12. The third-order valence-corrected chi connectivity index (χ3v) is 1.99. The standard InChI is InChI=1S/C10H14ClN3O/c11-8-1-3-9(4-2-8)14-10(15)7-13-6-5-12/h1-4,13H,5-7,12H2,(H,14,15). The molecular weight excluding hydrogens is 214 g/mol. The molecule has 0 radical (unpaired) electrons. The molecule has 4 N–H and O–H groups in total. The number of hydrogen-bond donors (Lipinski definition) is 3. The largest absolute Gasteiger partial charge is 0.329 e. The topological polar surface area (TPSA) is 67.1 Å². The van der Waals surface area contributed by atoms with E-state index in [2.05, 4.69) is 10.6 Å². The fourth-order valence-electron chi connectivity index (χ4n) is 1.04. The molecule has 0 aliphatic heterocycles. The van der Waals surface area contributed by atoms with E-state index in [1.54, 1.807) is 24.3 Å². The van der Waals surface area contributed by atoms with E-state index in [0.29, 0.717) is 18.1 Å². The van der Waals surface area contributed by atoms with E-state index in [4.69, 9.17) is 17.3 Å². The molecule has 0 heterocycles. The second-order valence-electron chi connectivity index (χ2n) is 3.02.